The summed E-state index contributed by atoms with van der Waals surface area (Å²) < 4.78 is 49.0. The van der Waals surface area contributed by atoms with Crippen LogP contribution < -0.4 is 10.6 Å². The Bertz CT molecular complexity index is 1530. The first kappa shape index (κ1) is 24.0. The molecule has 0 bridgehead atoms. The molecule has 4 heterocycles. The van der Waals surface area contributed by atoms with Gasteiger partial charge in [-0.15, -0.1) is 11.3 Å². The van der Waals surface area contributed by atoms with Crippen molar-refractivity contribution in [1.82, 2.24) is 15.0 Å². The summed E-state index contributed by atoms with van der Waals surface area (Å²) in [4.78, 5) is 25.8. The number of primary amides is 1. The lowest BCUT2D eigenvalue weighted by atomic mass is 9.94. The molecule has 3 aromatic heterocycles. The summed E-state index contributed by atoms with van der Waals surface area (Å²) in [6.07, 6.45) is 2.14. The van der Waals surface area contributed by atoms with Crippen LogP contribution in [-0.2, 0) is 21.5 Å². The highest BCUT2D eigenvalue weighted by Crippen LogP contribution is 2.37. The Kier molecular flexibility index (Phi) is 6.58. The predicted octanol–water partition coefficient (Wildman–Crippen LogP) is 4.66. The summed E-state index contributed by atoms with van der Waals surface area (Å²) in [6, 6.07) is 2.18. The molecule has 1 aliphatic heterocycles. The normalized spacial score (nSPS) is 17.4. The van der Waals surface area contributed by atoms with Gasteiger partial charge in [0.25, 0.3) is 0 Å². The van der Waals surface area contributed by atoms with E-state index in [0.717, 1.165) is 0 Å². The van der Waals surface area contributed by atoms with Crippen LogP contribution in [0.1, 0.15) is 39.8 Å². The first-order chi connectivity index (χ1) is 18.1. The molecule has 1 aliphatic rings. The number of allylic oxidation sites excluding steroid dienone is 2. The van der Waals surface area contributed by atoms with E-state index in [0.29, 0.717) is 45.6 Å². The lowest BCUT2D eigenvalue weighted by molar-refractivity contribution is -0.122. The number of carbonyl (C=O) groups is 1. The first-order valence-electron chi connectivity index (χ1n) is 11.9. The summed E-state index contributed by atoms with van der Waals surface area (Å²) >= 11 is 7.67. The molecule has 0 aromatic carbocycles. The number of hydrogen-bond donors (Lipinski definition) is 2. The Labute approximate surface area is 223 Å². The monoisotopic (exact) mass is 549 g/mol. The van der Waals surface area contributed by atoms with Crippen molar-refractivity contribution in [1.29, 1.82) is 0 Å². The van der Waals surface area contributed by atoms with Gasteiger partial charge in [0, 0.05) is 29.4 Å². The van der Waals surface area contributed by atoms with E-state index in [2.05, 4.69) is 15.0 Å². The molecular formula is C25H24ClF2N5O3S. The second kappa shape index (κ2) is 10.2. The van der Waals surface area contributed by atoms with Crippen molar-refractivity contribution in [2.45, 2.75) is 45.9 Å². The van der Waals surface area contributed by atoms with Gasteiger partial charge in [0.05, 0.1) is 31.4 Å². The number of ether oxygens (including phenoxy) is 1. The highest BCUT2D eigenvalue weighted by Gasteiger charge is 2.32. The van der Waals surface area contributed by atoms with Crippen LogP contribution in [0.25, 0.3) is 11.4 Å². The third-order valence-corrected chi connectivity index (χ3v) is 7.29. The van der Waals surface area contributed by atoms with Crippen LogP contribution in [0.15, 0.2) is 52.5 Å². The molecule has 8 nitrogen and oxygen atoms in total. The maximum atomic E-state index is 14.2. The molecule has 37 heavy (non-hydrogen) atoms. The summed E-state index contributed by atoms with van der Waals surface area (Å²) in [5.41, 5.74) is 6.36. The van der Waals surface area contributed by atoms with Crippen molar-refractivity contribution in [3.05, 3.63) is 80.4 Å². The van der Waals surface area contributed by atoms with Crippen LogP contribution in [0.4, 0.5) is 14.5 Å². The summed E-state index contributed by atoms with van der Waals surface area (Å²) in [7, 11) is 0. The molecule has 4 rings (SSSR count). The minimum atomic E-state index is -2.83. The van der Waals surface area contributed by atoms with Crippen molar-refractivity contribution < 1.29 is 26.2 Å². The zero-order valence-electron chi connectivity index (χ0n) is 22.2. The molecule has 194 valence electrons. The highest BCUT2D eigenvalue weighted by molar-refractivity contribution is 7.10. The zero-order chi connectivity index (χ0) is 28.9. The fourth-order valence-electron chi connectivity index (χ4n) is 3.45. The van der Waals surface area contributed by atoms with Gasteiger partial charge in [0.2, 0.25) is 5.91 Å². The molecule has 1 atom stereocenters. The van der Waals surface area contributed by atoms with E-state index in [1.165, 1.54) is 22.3 Å². The Morgan fingerprint density at radius 1 is 1.30 bits per heavy atom. The number of aliphatic hydroxyl groups is 1. The van der Waals surface area contributed by atoms with Gasteiger partial charge in [-0.3, -0.25) is 14.8 Å². The number of hydrogen-bond acceptors (Lipinski definition) is 8. The molecule has 3 aromatic rings. The van der Waals surface area contributed by atoms with Gasteiger partial charge in [-0.2, -0.15) is 0 Å². The predicted molar refractivity (Wildman–Crippen MR) is 136 cm³/mol. The van der Waals surface area contributed by atoms with Crippen molar-refractivity contribution in [3.8, 4) is 11.4 Å². The number of amides is 1. The van der Waals surface area contributed by atoms with E-state index >= 15 is 0 Å². The number of aryl methyl sites for hydroxylation is 1. The van der Waals surface area contributed by atoms with Gasteiger partial charge in [0.15, 0.2) is 12.0 Å². The third kappa shape index (κ3) is 5.20. The third-order valence-electron chi connectivity index (χ3n) is 5.74. The van der Waals surface area contributed by atoms with Crippen LogP contribution in [0.5, 0.6) is 0 Å². The van der Waals surface area contributed by atoms with Crippen LogP contribution in [-0.4, -0.2) is 32.2 Å². The topological polar surface area (TPSA) is 114 Å². The maximum Gasteiger partial charge on any atom is 0.229 e. The number of pyridine rings is 2. The number of nitrogens with two attached hydrogens (primary N) is 1. The smallest absolute Gasteiger partial charge is 0.229 e. The van der Waals surface area contributed by atoms with Gasteiger partial charge >= 0.3 is 0 Å². The second-order valence-electron chi connectivity index (χ2n) is 8.81. The van der Waals surface area contributed by atoms with E-state index in [-0.39, 0.29) is 10.8 Å². The van der Waals surface area contributed by atoms with E-state index in [9.17, 15) is 18.7 Å². The molecule has 12 heteroatoms. The fourth-order valence-corrected chi connectivity index (χ4v) is 4.58. The summed E-state index contributed by atoms with van der Waals surface area (Å²) in [5.74, 6) is -2.97. The van der Waals surface area contributed by atoms with Crippen LogP contribution in [0.3, 0.4) is 0 Å². The van der Waals surface area contributed by atoms with E-state index in [1.54, 1.807) is 45.3 Å². The molecule has 1 amide bonds. The van der Waals surface area contributed by atoms with E-state index in [1.807, 2.05) is 0 Å². The molecule has 0 unspecified atom stereocenters. The highest BCUT2D eigenvalue weighted by atomic mass is 35.5. The average Bonchev–Trinajstić information content (AvgIpc) is 3.34. The molecule has 0 spiro atoms. The summed E-state index contributed by atoms with van der Waals surface area (Å²) in [6.45, 7) is 3.95. The van der Waals surface area contributed by atoms with E-state index in [4.69, 9.17) is 24.8 Å². The molecular weight excluding hydrogens is 524 g/mol. The maximum absolute atomic E-state index is 14.2. The molecule has 0 fully saturated rings. The van der Waals surface area contributed by atoms with Crippen molar-refractivity contribution in [3.63, 3.8) is 0 Å². The number of nitrogens with zero attached hydrogens (tertiary/aromatic N) is 4. The minimum absolute atomic E-state index is 0.252. The Hall–Kier alpha value is -3.41. The number of rotatable bonds is 7. The molecule has 3 N–H and O–H groups in total. The minimum Gasteiger partial charge on any atom is -0.486 e. The number of anilines is 1. The van der Waals surface area contributed by atoms with Crippen LogP contribution in [0, 0.1) is 18.6 Å². The number of carbonyl (C=O) groups excluding carboxylic acids is 1. The van der Waals surface area contributed by atoms with Gasteiger partial charge in [0.1, 0.15) is 33.9 Å². The fraction of sp³-hybridized carbons (Fsp3) is 0.280. The number of thiazole rings is 1. The lowest BCUT2D eigenvalue weighted by Gasteiger charge is -2.35. The SMILES string of the molecule is [2H]C([2H])(OC1=C(Cl)[C@@H](O)N(c2cc(-c3csc(C(C)(C)C(N)=O)n3)ncc2C)C(C)=C1)c1ncc(F)cc1F. The quantitative estimate of drug-likeness (QED) is 0.440. The number of aromatic nitrogens is 3. The zero-order valence-corrected chi connectivity index (χ0v) is 21.8. The van der Waals surface area contributed by atoms with Crippen molar-refractivity contribution in [2.24, 2.45) is 5.73 Å². The van der Waals surface area contributed by atoms with Gasteiger partial charge in [-0.25, -0.2) is 13.8 Å². The second-order valence-corrected chi connectivity index (χ2v) is 10.1. The summed E-state index contributed by atoms with van der Waals surface area (Å²) in [5, 5.41) is 13.1. The standard InChI is InChI=1S/C25H24ClF2N5O3S/c1-12-8-30-16(18-11-37-24(32-18)25(3,4)23(29)35)7-19(12)33-13(2)5-20(21(26)22(33)34)36-10-17-15(28)6-14(27)9-31-17/h5-9,11,22,34H,10H2,1-4H3,(H2,29,35)/t22-/m1/s1/i10D2. The number of halogens is 3. The molecule has 0 radical (unpaired) electrons. The Morgan fingerprint density at radius 2 is 2.03 bits per heavy atom. The molecule has 0 saturated carbocycles. The van der Waals surface area contributed by atoms with Gasteiger partial charge < -0.3 is 20.5 Å². The Balaban J connectivity index is 1.66. The largest absolute Gasteiger partial charge is 0.486 e. The Morgan fingerprint density at radius 3 is 2.70 bits per heavy atom. The van der Waals surface area contributed by atoms with Crippen molar-refractivity contribution in [2.75, 3.05) is 4.90 Å². The van der Waals surface area contributed by atoms with Crippen molar-refractivity contribution >= 4 is 34.5 Å². The number of aliphatic hydroxyl groups excluding tert-OH is 1. The lowest BCUT2D eigenvalue weighted by Crippen LogP contribution is -2.37. The van der Waals surface area contributed by atoms with Crippen LogP contribution in [0.2, 0.25) is 0 Å². The first-order valence-corrected chi connectivity index (χ1v) is 12.2. The van der Waals surface area contributed by atoms with E-state index < -0.39 is 41.4 Å². The van der Waals surface area contributed by atoms with Gasteiger partial charge in [-0.1, -0.05) is 11.6 Å². The molecule has 0 aliphatic carbocycles. The average molecular weight is 550 g/mol. The molecule has 0 saturated heterocycles. The van der Waals surface area contributed by atoms with Gasteiger partial charge in [-0.05, 0) is 39.3 Å². The van der Waals surface area contributed by atoms with Crippen LogP contribution >= 0.6 is 22.9 Å².